The Morgan fingerprint density at radius 2 is 2.04 bits per heavy atom. The number of hydrogen-bond donors (Lipinski definition) is 2. The second kappa shape index (κ2) is 6.17. The summed E-state index contributed by atoms with van der Waals surface area (Å²) < 4.78 is 0. The average molecular weight is 371 g/mol. The molecule has 134 valence electrons. The summed E-state index contributed by atoms with van der Waals surface area (Å²) in [4.78, 5) is 38.2. The van der Waals surface area contributed by atoms with Gasteiger partial charge in [-0.15, -0.1) is 10.2 Å². The second-order valence-corrected chi connectivity index (χ2v) is 7.59. The molecule has 1 aromatic carbocycles. The normalized spacial score (nSPS) is 22.4. The number of imide groups is 1. The van der Waals surface area contributed by atoms with Gasteiger partial charge in [0.05, 0.1) is 0 Å². The van der Waals surface area contributed by atoms with Crippen LogP contribution in [-0.4, -0.2) is 39.5 Å². The number of amides is 4. The highest BCUT2D eigenvalue weighted by Crippen LogP contribution is 2.42. The summed E-state index contributed by atoms with van der Waals surface area (Å²) >= 11 is 1.33. The molecule has 1 atom stereocenters. The molecule has 1 saturated heterocycles. The van der Waals surface area contributed by atoms with Gasteiger partial charge in [0.2, 0.25) is 11.0 Å². The summed E-state index contributed by atoms with van der Waals surface area (Å²) in [5, 5.41) is 14.6. The Bertz CT molecular complexity index is 880. The maximum Gasteiger partial charge on any atom is 0.325 e. The summed E-state index contributed by atoms with van der Waals surface area (Å²) in [6, 6.07) is 8.36. The van der Waals surface area contributed by atoms with Crippen molar-refractivity contribution in [3.63, 3.8) is 0 Å². The highest BCUT2D eigenvalue weighted by molar-refractivity contribution is 7.15. The van der Waals surface area contributed by atoms with E-state index in [4.69, 9.17) is 0 Å². The number of nitrogens with one attached hydrogen (secondary N) is 2. The van der Waals surface area contributed by atoms with Gasteiger partial charge >= 0.3 is 6.03 Å². The summed E-state index contributed by atoms with van der Waals surface area (Å²) in [6.45, 7) is 1.26. The first-order valence-corrected chi connectivity index (χ1v) is 9.12. The molecule has 1 aliphatic heterocycles. The first-order chi connectivity index (χ1) is 12.5. The van der Waals surface area contributed by atoms with Crippen molar-refractivity contribution in [3.8, 4) is 0 Å². The lowest BCUT2D eigenvalue weighted by molar-refractivity contribution is -0.133. The predicted octanol–water partition coefficient (Wildman–Crippen LogP) is 1.82. The first-order valence-electron chi connectivity index (χ1n) is 8.30. The quantitative estimate of drug-likeness (QED) is 0.780. The van der Waals surface area contributed by atoms with Crippen molar-refractivity contribution in [3.05, 3.63) is 40.9 Å². The van der Waals surface area contributed by atoms with E-state index in [2.05, 4.69) is 20.8 Å². The van der Waals surface area contributed by atoms with Gasteiger partial charge in [-0.05, 0) is 25.3 Å². The van der Waals surface area contributed by atoms with Crippen LogP contribution in [0.2, 0.25) is 0 Å². The largest absolute Gasteiger partial charge is 0.325 e. The van der Waals surface area contributed by atoms with Crippen LogP contribution in [0.3, 0.4) is 0 Å². The van der Waals surface area contributed by atoms with Crippen LogP contribution in [0.4, 0.5) is 9.93 Å². The highest BCUT2D eigenvalue weighted by atomic mass is 32.1. The van der Waals surface area contributed by atoms with Gasteiger partial charge in [-0.2, -0.15) is 0 Å². The van der Waals surface area contributed by atoms with Crippen molar-refractivity contribution in [2.24, 2.45) is 0 Å². The zero-order valence-electron chi connectivity index (χ0n) is 14.1. The van der Waals surface area contributed by atoms with Crippen molar-refractivity contribution in [1.29, 1.82) is 0 Å². The van der Waals surface area contributed by atoms with Crippen molar-refractivity contribution >= 4 is 34.3 Å². The number of carbonyl (C=O) groups excluding carboxylic acids is 3. The summed E-state index contributed by atoms with van der Waals surface area (Å²) in [5.74, 6) is -0.486. The van der Waals surface area contributed by atoms with Crippen LogP contribution in [0.1, 0.15) is 36.3 Å². The third-order valence-electron chi connectivity index (χ3n) is 4.54. The number of benzene rings is 1. The average Bonchev–Trinajstić information content (AvgIpc) is 3.34. The van der Waals surface area contributed by atoms with Crippen LogP contribution in [-0.2, 0) is 15.1 Å². The van der Waals surface area contributed by atoms with E-state index in [1.165, 1.54) is 11.3 Å². The fourth-order valence-electron chi connectivity index (χ4n) is 2.89. The highest BCUT2D eigenvalue weighted by Gasteiger charge is 2.49. The van der Waals surface area contributed by atoms with Crippen LogP contribution in [0, 0.1) is 0 Å². The van der Waals surface area contributed by atoms with Crippen LogP contribution >= 0.6 is 11.3 Å². The Labute approximate surface area is 153 Å². The Balaban J connectivity index is 1.44. The minimum Gasteiger partial charge on any atom is -0.319 e. The first kappa shape index (κ1) is 16.6. The van der Waals surface area contributed by atoms with E-state index in [1.807, 2.05) is 6.07 Å². The van der Waals surface area contributed by atoms with Gasteiger partial charge in [0.1, 0.15) is 17.1 Å². The maximum absolute atomic E-state index is 12.8. The summed E-state index contributed by atoms with van der Waals surface area (Å²) in [6.07, 6.45) is 2.20. The Hall–Kier alpha value is -2.81. The zero-order chi connectivity index (χ0) is 18.3. The van der Waals surface area contributed by atoms with Crippen molar-refractivity contribution in [2.75, 3.05) is 11.9 Å². The molecule has 1 aromatic heterocycles. The number of rotatable bonds is 5. The Morgan fingerprint density at radius 1 is 1.31 bits per heavy atom. The molecule has 2 aromatic rings. The lowest BCUT2D eigenvalue weighted by Gasteiger charge is -2.21. The molecule has 0 radical (unpaired) electrons. The van der Waals surface area contributed by atoms with Gasteiger partial charge in [0.25, 0.3) is 5.91 Å². The molecule has 1 saturated carbocycles. The molecule has 8 nitrogen and oxygen atoms in total. The van der Waals surface area contributed by atoms with Gasteiger partial charge in [0.15, 0.2) is 0 Å². The van der Waals surface area contributed by atoms with Gasteiger partial charge in [-0.25, -0.2) is 4.79 Å². The fraction of sp³-hybridized carbons (Fsp3) is 0.353. The van der Waals surface area contributed by atoms with E-state index in [0.29, 0.717) is 16.6 Å². The van der Waals surface area contributed by atoms with Gasteiger partial charge in [0, 0.05) is 5.92 Å². The monoisotopic (exact) mass is 371 g/mol. The number of nitrogens with zero attached hydrogens (tertiary/aromatic N) is 3. The predicted molar refractivity (Wildman–Crippen MR) is 94.6 cm³/mol. The fourth-order valence-corrected chi connectivity index (χ4v) is 3.82. The lowest BCUT2D eigenvalue weighted by Crippen LogP contribution is -2.42. The lowest BCUT2D eigenvalue weighted by atomic mass is 9.92. The molecular weight excluding hydrogens is 354 g/mol. The third kappa shape index (κ3) is 2.94. The van der Waals surface area contributed by atoms with E-state index in [-0.39, 0.29) is 6.54 Å². The van der Waals surface area contributed by atoms with Crippen LogP contribution < -0.4 is 10.6 Å². The molecule has 2 heterocycles. The molecule has 0 bridgehead atoms. The molecule has 4 amide bonds. The maximum atomic E-state index is 12.8. The van der Waals surface area contributed by atoms with E-state index >= 15 is 0 Å². The number of aromatic nitrogens is 2. The molecule has 26 heavy (non-hydrogen) atoms. The van der Waals surface area contributed by atoms with Crippen LogP contribution in [0.15, 0.2) is 30.3 Å². The molecule has 2 N–H and O–H groups in total. The standard InChI is InChI=1S/C17H17N5O3S/c1-17(11-5-3-2-4-6-11)14(24)22(16(25)19-17)9-12(23)18-15-21-20-13(26-15)10-7-8-10/h2-6,10H,7-9H2,1H3,(H,19,25)(H,18,21,23)/t17-/m0/s1. The molecule has 0 unspecified atom stereocenters. The van der Waals surface area contributed by atoms with Gasteiger partial charge < -0.3 is 5.32 Å². The summed E-state index contributed by atoms with van der Waals surface area (Å²) in [5.41, 5.74) is -0.514. The number of anilines is 1. The smallest absolute Gasteiger partial charge is 0.319 e. The van der Waals surface area contributed by atoms with Gasteiger partial charge in [-0.3, -0.25) is 19.8 Å². The minimum absolute atomic E-state index is 0.370. The zero-order valence-corrected chi connectivity index (χ0v) is 14.9. The second-order valence-electron chi connectivity index (χ2n) is 6.58. The van der Waals surface area contributed by atoms with E-state index in [0.717, 1.165) is 22.7 Å². The molecule has 2 fully saturated rings. The van der Waals surface area contributed by atoms with E-state index in [9.17, 15) is 14.4 Å². The van der Waals surface area contributed by atoms with Crippen molar-refractivity contribution in [2.45, 2.75) is 31.2 Å². The van der Waals surface area contributed by atoms with Gasteiger partial charge in [-0.1, -0.05) is 41.7 Å². The number of urea groups is 1. The molecule has 2 aliphatic rings. The number of carbonyl (C=O) groups is 3. The molecule has 4 rings (SSSR count). The molecular formula is C17H17N5O3S. The SMILES string of the molecule is C[C@@]1(c2ccccc2)NC(=O)N(CC(=O)Nc2nnc(C3CC3)s2)C1=O. The van der Waals surface area contributed by atoms with E-state index in [1.54, 1.807) is 31.2 Å². The molecule has 0 spiro atoms. The van der Waals surface area contributed by atoms with Crippen LogP contribution in [0.5, 0.6) is 0 Å². The Morgan fingerprint density at radius 3 is 2.73 bits per heavy atom. The summed E-state index contributed by atoms with van der Waals surface area (Å²) in [7, 11) is 0. The molecule has 9 heteroatoms. The molecule has 1 aliphatic carbocycles. The van der Waals surface area contributed by atoms with Crippen LogP contribution in [0.25, 0.3) is 0 Å². The topological polar surface area (TPSA) is 104 Å². The van der Waals surface area contributed by atoms with Crippen molar-refractivity contribution < 1.29 is 14.4 Å². The minimum atomic E-state index is -1.18. The number of hydrogen-bond acceptors (Lipinski definition) is 6. The van der Waals surface area contributed by atoms with E-state index < -0.39 is 23.4 Å². The van der Waals surface area contributed by atoms with Crippen molar-refractivity contribution in [1.82, 2.24) is 20.4 Å². The Kier molecular flexibility index (Phi) is 3.95. The third-order valence-corrected chi connectivity index (χ3v) is 5.54.